The first-order valence-corrected chi connectivity index (χ1v) is 5.82. The minimum atomic E-state index is -0.0236. The van der Waals surface area contributed by atoms with Crippen molar-refractivity contribution >= 4 is 5.91 Å². The molecule has 1 N–H and O–H groups in total. The highest BCUT2D eigenvalue weighted by Gasteiger charge is 2.34. The van der Waals surface area contributed by atoms with Gasteiger partial charge in [-0.15, -0.1) is 0 Å². The van der Waals surface area contributed by atoms with Gasteiger partial charge in [-0.1, -0.05) is 0 Å². The van der Waals surface area contributed by atoms with E-state index in [2.05, 4.69) is 5.32 Å². The van der Waals surface area contributed by atoms with E-state index < -0.39 is 0 Å². The van der Waals surface area contributed by atoms with E-state index in [-0.39, 0.29) is 18.1 Å². The first-order chi connectivity index (χ1) is 7.18. The van der Waals surface area contributed by atoms with E-state index in [0.29, 0.717) is 5.92 Å². The molecule has 3 unspecified atom stereocenters. The molecule has 2 heterocycles. The molecular formula is C11H20N2O2. The number of ether oxygens (including phenoxy) is 1. The number of rotatable bonds is 2. The van der Waals surface area contributed by atoms with Gasteiger partial charge in [0.25, 0.3) is 0 Å². The lowest BCUT2D eigenvalue weighted by Crippen LogP contribution is -2.40. The van der Waals surface area contributed by atoms with Gasteiger partial charge in [-0.25, -0.2) is 0 Å². The van der Waals surface area contributed by atoms with Gasteiger partial charge >= 0.3 is 0 Å². The molecule has 1 amide bonds. The van der Waals surface area contributed by atoms with Crippen LogP contribution in [0.2, 0.25) is 0 Å². The van der Waals surface area contributed by atoms with Crippen LogP contribution in [0.1, 0.15) is 26.7 Å². The lowest BCUT2D eigenvalue weighted by atomic mass is 10.0. The quantitative estimate of drug-likeness (QED) is 0.728. The van der Waals surface area contributed by atoms with Crippen molar-refractivity contribution < 1.29 is 9.53 Å². The van der Waals surface area contributed by atoms with Gasteiger partial charge in [-0.2, -0.15) is 0 Å². The fourth-order valence-electron chi connectivity index (χ4n) is 2.44. The summed E-state index contributed by atoms with van der Waals surface area (Å²) in [5.41, 5.74) is 0. The van der Waals surface area contributed by atoms with E-state index in [0.717, 1.165) is 26.2 Å². The average Bonchev–Trinajstić information content (AvgIpc) is 2.47. The molecule has 2 rings (SSSR count). The molecule has 0 radical (unpaired) electrons. The molecule has 86 valence electrons. The number of nitrogens with one attached hydrogen (secondary N) is 1. The van der Waals surface area contributed by atoms with E-state index in [1.54, 1.807) is 0 Å². The Bertz CT molecular complexity index is 239. The van der Waals surface area contributed by atoms with E-state index in [9.17, 15) is 4.79 Å². The predicted molar refractivity (Wildman–Crippen MR) is 57.3 cm³/mol. The average molecular weight is 212 g/mol. The SMILES string of the molecule is CC1NC(C)N(CC2CCCOC2)C1=O. The maximum Gasteiger partial charge on any atom is 0.240 e. The summed E-state index contributed by atoms with van der Waals surface area (Å²) in [5.74, 6) is 0.755. The predicted octanol–water partition coefficient (Wildman–Crippen LogP) is 0.579. The van der Waals surface area contributed by atoms with Crippen molar-refractivity contribution in [2.75, 3.05) is 19.8 Å². The highest BCUT2D eigenvalue weighted by Crippen LogP contribution is 2.18. The molecule has 3 atom stereocenters. The lowest BCUT2D eigenvalue weighted by Gasteiger charge is -2.29. The first-order valence-electron chi connectivity index (χ1n) is 5.82. The summed E-state index contributed by atoms with van der Waals surface area (Å²) in [6, 6.07) is -0.0236. The van der Waals surface area contributed by atoms with Crippen molar-refractivity contribution in [2.45, 2.75) is 38.9 Å². The number of amides is 1. The van der Waals surface area contributed by atoms with Crippen LogP contribution in [0.3, 0.4) is 0 Å². The summed E-state index contributed by atoms with van der Waals surface area (Å²) in [7, 11) is 0. The van der Waals surface area contributed by atoms with Gasteiger partial charge in [0, 0.05) is 19.1 Å². The van der Waals surface area contributed by atoms with Crippen LogP contribution in [0.25, 0.3) is 0 Å². The van der Waals surface area contributed by atoms with Gasteiger partial charge in [0.1, 0.15) is 0 Å². The Kier molecular flexibility index (Phi) is 3.26. The molecule has 4 nitrogen and oxygen atoms in total. The normalized spacial score (nSPS) is 37.3. The largest absolute Gasteiger partial charge is 0.381 e. The van der Waals surface area contributed by atoms with E-state index in [1.807, 2.05) is 18.7 Å². The molecular weight excluding hydrogens is 192 g/mol. The summed E-state index contributed by atoms with van der Waals surface area (Å²) in [6.45, 7) is 6.51. The van der Waals surface area contributed by atoms with Gasteiger partial charge in [-0.05, 0) is 26.7 Å². The lowest BCUT2D eigenvalue weighted by molar-refractivity contribution is -0.130. The molecule has 2 saturated heterocycles. The Morgan fingerprint density at radius 1 is 1.53 bits per heavy atom. The van der Waals surface area contributed by atoms with Gasteiger partial charge < -0.3 is 9.64 Å². The van der Waals surface area contributed by atoms with Crippen LogP contribution in [-0.2, 0) is 9.53 Å². The third kappa shape index (κ3) is 2.32. The Morgan fingerprint density at radius 3 is 2.87 bits per heavy atom. The highest BCUT2D eigenvalue weighted by molar-refractivity contribution is 5.83. The van der Waals surface area contributed by atoms with Crippen LogP contribution in [-0.4, -0.2) is 42.8 Å². The van der Waals surface area contributed by atoms with E-state index >= 15 is 0 Å². The van der Waals surface area contributed by atoms with Crippen molar-refractivity contribution in [3.8, 4) is 0 Å². The van der Waals surface area contributed by atoms with Crippen LogP contribution >= 0.6 is 0 Å². The smallest absolute Gasteiger partial charge is 0.240 e. The topological polar surface area (TPSA) is 41.6 Å². The molecule has 2 aliphatic rings. The van der Waals surface area contributed by atoms with Gasteiger partial charge in [-0.3, -0.25) is 10.1 Å². The van der Waals surface area contributed by atoms with E-state index in [4.69, 9.17) is 4.74 Å². The number of hydrogen-bond acceptors (Lipinski definition) is 3. The maximum absolute atomic E-state index is 11.8. The third-order valence-electron chi connectivity index (χ3n) is 3.32. The van der Waals surface area contributed by atoms with Crippen molar-refractivity contribution in [2.24, 2.45) is 5.92 Å². The van der Waals surface area contributed by atoms with E-state index in [1.165, 1.54) is 6.42 Å². The van der Waals surface area contributed by atoms with Crippen molar-refractivity contribution in [3.05, 3.63) is 0 Å². The Morgan fingerprint density at radius 2 is 2.33 bits per heavy atom. The molecule has 0 aliphatic carbocycles. The first kappa shape index (κ1) is 10.9. The Balaban J connectivity index is 1.90. The number of carbonyl (C=O) groups excluding carboxylic acids is 1. The number of nitrogens with zero attached hydrogens (tertiary/aromatic N) is 1. The molecule has 0 saturated carbocycles. The summed E-state index contributed by atoms with van der Waals surface area (Å²) in [4.78, 5) is 13.8. The van der Waals surface area contributed by atoms with Crippen LogP contribution < -0.4 is 5.32 Å². The summed E-state index contributed by atoms with van der Waals surface area (Å²) < 4.78 is 5.43. The van der Waals surface area contributed by atoms with Crippen molar-refractivity contribution in [1.82, 2.24) is 10.2 Å². The summed E-state index contributed by atoms with van der Waals surface area (Å²) in [5, 5.41) is 3.24. The van der Waals surface area contributed by atoms with Crippen molar-refractivity contribution in [3.63, 3.8) is 0 Å². The van der Waals surface area contributed by atoms with Crippen LogP contribution in [0.4, 0.5) is 0 Å². The standard InChI is InChI=1S/C11H20N2O2/c1-8-11(14)13(9(2)12-8)6-10-4-3-5-15-7-10/h8-10,12H,3-7H2,1-2H3. The zero-order chi connectivity index (χ0) is 10.8. The molecule has 0 aromatic rings. The van der Waals surface area contributed by atoms with Gasteiger partial charge in [0.05, 0.1) is 18.8 Å². The fraction of sp³-hybridized carbons (Fsp3) is 0.909. The Labute approximate surface area is 91.0 Å². The third-order valence-corrected chi connectivity index (χ3v) is 3.32. The van der Waals surface area contributed by atoms with Crippen molar-refractivity contribution in [1.29, 1.82) is 0 Å². The highest BCUT2D eigenvalue weighted by atomic mass is 16.5. The fourth-order valence-corrected chi connectivity index (χ4v) is 2.44. The zero-order valence-electron chi connectivity index (χ0n) is 9.53. The maximum atomic E-state index is 11.8. The molecule has 4 heteroatoms. The second-order valence-electron chi connectivity index (χ2n) is 4.64. The second kappa shape index (κ2) is 4.49. The number of carbonyl (C=O) groups is 1. The Hall–Kier alpha value is -0.610. The minimum Gasteiger partial charge on any atom is -0.381 e. The second-order valence-corrected chi connectivity index (χ2v) is 4.64. The monoisotopic (exact) mass is 212 g/mol. The summed E-state index contributed by atoms with van der Waals surface area (Å²) >= 11 is 0. The van der Waals surface area contributed by atoms with Crippen LogP contribution in [0, 0.1) is 5.92 Å². The minimum absolute atomic E-state index is 0.0236. The zero-order valence-corrected chi connectivity index (χ0v) is 9.53. The molecule has 15 heavy (non-hydrogen) atoms. The van der Waals surface area contributed by atoms with Gasteiger partial charge in [0.2, 0.25) is 5.91 Å². The molecule has 2 aliphatic heterocycles. The molecule has 0 bridgehead atoms. The molecule has 0 aromatic heterocycles. The summed E-state index contributed by atoms with van der Waals surface area (Å²) in [6.07, 6.45) is 2.49. The number of hydrogen-bond donors (Lipinski definition) is 1. The molecule has 2 fully saturated rings. The molecule has 0 spiro atoms. The van der Waals surface area contributed by atoms with Gasteiger partial charge in [0.15, 0.2) is 0 Å². The van der Waals surface area contributed by atoms with Crippen LogP contribution in [0.15, 0.2) is 0 Å². The van der Waals surface area contributed by atoms with Crippen LogP contribution in [0.5, 0.6) is 0 Å². The molecule has 0 aromatic carbocycles.